The van der Waals surface area contributed by atoms with Gasteiger partial charge in [0.25, 0.3) is 5.82 Å². The third-order valence-electron chi connectivity index (χ3n) is 4.56. The summed E-state index contributed by atoms with van der Waals surface area (Å²) in [4.78, 5) is 0. The molecule has 106 valence electrons. The highest BCUT2D eigenvalue weighted by molar-refractivity contribution is 5.80. The summed E-state index contributed by atoms with van der Waals surface area (Å²) < 4.78 is 18.1. The van der Waals surface area contributed by atoms with E-state index in [0.29, 0.717) is 0 Å². The predicted molar refractivity (Wildman–Crippen MR) is 81.6 cm³/mol. The fourth-order valence-electron chi connectivity index (χ4n) is 3.61. The molecule has 0 radical (unpaired) electrons. The average Bonchev–Trinajstić information content (AvgIpc) is 2.75. The van der Waals surface area contributed by atoms with Crippen LogP contribution in [0.2, 0.25) is 0 Å². The lowest BCUT2D eigenvalue weighted by Gasteiger charge is -2.11. The minimum Gasteiger partial charge on any atom is -0.226 e. The first-order valence-corrected chi connectivity index (χ1v) is 7.43. The standard InChI is InChI=1S/C18H18FN2/c1-12-11-14(19)8-9-15(12)18-20(2)16-7-3-5-13-6-4-10-21(18)17(13)16/h3,5,7-9,11H,4,6,10H2,1-2H3/q+1. The first kappa shape index (κ1) is 12.6. The van der Waals surface area contributed by atoms with Gasteiger partial charge in [0.2, 0.25) is 0 Å². The van der Waals surface area contributed by atoms with Crippen molar-refractivity contribution in [1.82, 2.24) is 4.57 Å². The number of benzene rings is 2. The van der Waals surface area contributed by atoms with E-state index < -0.39 is 0 Å². The van der Waals surface area contributed by atoms with Crippen molar-refractivity contribution in [3.8, 4) is 11.4 Å². The van der Waals surface area contributed by atoms with Crippen molar-refractivity contribution in [2.45, 2.75) is 26.3 Å². The average molecular weight is 281 g/mol. The van der Waals surface area contributed by atoms with Crippen LogP contribution in [0.4, 0.5) is 4.39 Å². The number of halogens is 1. The molecule has 2 heterocycles. The van der Waals surface area contributed by atoms with E-state index in [1.807, 2.05) is 13.0 Å². The van der Waals surface area contributed by atoms with Crippen molar-refractivity contribution in [2.75, 3.05) is 0 Å². The van der Waals surface area contributed by atoms with Gasteiger partial charge in [-0.25, -0.2) is 13.5 Å². The Kier molecular flexibility index (Phi) is 2.64. The summed E-state index contributed by atoms with van der Waals surface area (Å²) in [7, 11) is 2.10. The highest BCUT2D eigenvalue weighted by Crippen LogP contribution is 2.29. The second-order valence-electron chi connectivity index (χ2n) is 5.88. The van der Waals surface area contributed by atoms with Crippen LogP contribution in [0, 0.1) is 12.7 Å². The number of aryl methyl sites for hydroxylation is 4. The number of para-hydroxylation sites is 1. The molecule has 3 heteroatoms. The summed E-state index contributed by atoms with van der Waals surface area (Å²) in [6.45, 7) is 3.01. The van der Waals surface area contributed by atoms with Crippen molar-refractivity contribution in [3.05, 3.63) is 53.3 Å². The second-order valence-corrected chi connectivity index (χ2v) is 5.88. The SMILES string of the molecule is Cc1cc(F)ccc1-c1n(C)c2cccc3c2[n+]1CCC3. The van der Waals surface area contributed by atoms with Crippen molar-refractivity contribution in [2.24, 2.45) is 7.05 Å². The third-order valence-corrected chi connectivity index (χ3v) is 4.56. The molecule has 0 saturated carbocycles. The molecular weight excluding hydrogens is 263 g/mol. The molecule has 1 aromatic heterocycles. The molecule has 0 atom stereocenters. The van der Waals surface area contributed by atoms with Gasteiger partial charge in [-0.3, -0.25) is 0 Å². The molecule has 1 aliphatic heterocycles. The first-order chi connectivity index (χ1) is 10.2. The minimum absolute atomic E-state index is 0.172. The minimum atomic E-state index is -0.172. The van der Waals surface area contributed by atoms with Crippen LogP contribution in [-0.2, 0) is 20.0 Å². The van der Waals surface area contributed by atoms with Crippen molar-refractivity contribution >= 4 is 11.0 Å². The zero-order valence-corrected chi connectivity index (χ0v) is 12.4. The van der Waals surface area contributed by atoms with E-state index in [4.69, 9.17) is 0 Å². The quantitative estimate of drug-likeness (QED) is 0.603. The Morgan fingerprint density at radius 3 is 2.86 bits per heavy atom. The van der Waals surface area contributed by atoms with Crippen LogP contribution in [0.15, 0.2) is 36.4 Å². The van der Waals surface area contributed by atoms with Gasteiger partial charge in [-0.05, 0) is 49.6 Å². The monoisotopic (exact) mass is 281 g/mol. The molecule has 4 rings (SSSR count). The molecular formula is C18H18FN2+. The Morgan fingerprint density at radius 2 is 2.05 bits per heavy atom. The van der Waals surface area contributed by atoms with Crippen LogP contribution in [0.25, 0.3) is 22.4 Å². The lowest BCUT2D eigenvalue weighted by atomic mass is 10.0. The lowest BCUT2D eigenvalue weighted by molar-refractivity contribution is -0.664. The Labute approximate surface area is 123 Å². The summed E-state index contributed by atoms with van der Waals surface area (Å²) in [5.74, 6) is 1.00. The van der Waals surface area contributed by atoms with E-state index in [1.165, 1.54) is 22.4 Å². The van der Waals surface area contributed by atoms with Crippen molar-refractivity contribution < 1.29 is 8.96 Å². The summed E-state index contributed by atoms with van der Waals surface area (Å²) in [5.41, 5.74) is 6.11. The molecule has 1 aliphatic rings. The van der Waals surface area contributed by atoms with Gasteiger partial charge in [0, 0.05) is 5.56 Å². The van der Waals surface area contributed by atoms with Crippen LogP contribution < -0.4 is 4.57 Å². The van der Waals surface area contributed by atoms with Gasteiger partial charge >= 0.3 is 0 Å². The molecule has 3 aromatic rings. The van der Waals surface area contributed by atoms with E-state index in [1.54, 1.807) is 12.1 Å². The maximum Gasteiger partial charge on any atom is 0.289 e. The van der Waals surface area contributed by atoms with E-state index in [9.17, 15) is 4.39 Å². The zero-order chi connectivity index (χ0) is 14.6. The summed E-state index contributed by atoms with van der Waals surface area (Å²) in [5, 5.41) is 0. The van der Waals surface area contributed by atoms with Crippen LogP contribution in [0.3, 0.4) is 0 Å². The molecule has 0 fully saturated rings. The van der Waals surface area contributed by atoms with E-state index in [-0.39, 0.29) is 5.82 Å². The van der Waals surface area contributed by atoms with Crippen molar-refractivity contribution in [3.63, 3.8) is 0 Å². The Hall–Kier alpha value is -2.16. The number of hydrogen-bond donors (Lipinski definition) is 0. The molecule has 0 aliphatic carbocycles. The van der Waals surface area contributed by atoms with E-state index >= 15 is 0 Å². The molecule has 0 amide bonds. The summed E-state index contributed by atoms with van der Waals surface area (Å²) >= 11 is 0. The van der Waals surface area contributed by atoms with Gasteiger partial charge in [0.1, 0.15) is 5.82 Å². The molecule has 2 nitrogen and oxygen atoms in total. The second kappa shape index (κ2) is 4.42. The molecule has 2 aromatic carbocycles. The Balaban J connectivity index is 2.10. The predicted octanol–water partition coefficient (Wildman–Crippen LogP) is 3.53. The molecule has 0 unspecified atom stereocenters. The number of imidazole rings is 1. The Morgan fingerprint density at radius 1 is 1.19 bits per heavy atom. The first-order valence-electron chi connectivity index (χ1n) is 7.43. The number of aromatic nitrogens is 2. The van der Waals surface area contributed by atoms with Gasteiger partial charge in [0.05, 0.1) is 19.2 Å². The lowest BCUT2D eigenvalue weighted by Crippen LogP contribution is -2.39. The van der Waals surface area contributed by atoms with Gasteiger partial charge in [-0.2, -0.15) is 0 Å². The zero-order valence-electron chi connectivity index (χ0n) is 12.4. The maximum absolute atomic E-state index is 13.4. The highest BCUT2D eigenvalue weighted by Gasteiger charge is 2.29. The smallest absolute Gasteiger partial charge is 0.226 e. The largest absolute Gasteiger partial charge is 0.289 e. The van der Waals surface area contributed by atoms with Gasteiger partial charge in [-0.1, -0.05) is 12.1 Å². The van der Waals surface area contributed by atoms with E-state index in [2.05, 4.69) is 34.4 Å². The number of nitrogens with zero attached hydrogens (tertiary/aromatic N) is 2. The fourth-order valence-corrected chi connectivity index (χ4v) is 3.61. The Bertz CT molecular complexity index is 861. The topological polar surface area (TPSA) is 8.81 Å². The summed E-state index contributed by atoms with van der Waals surface area (Å²) in [6.07, 6.45) is 2.30. The number of rotatable bonds is 1. The van der Waals surface area contributed by atoms with Crippen LogP contribution in [0.1, 0.15) is 17.5 Å². The number of hydrogen-bond acceptors (Lipinski definition) is 0. The van der Waals surface area contributed by atoms with Crippen LogP contribution in [0.5, 0.6) is 0 Å². The summed E-state index contributed by atoms with van der Waals surface area (Å²) in [6, 6.07) is 11.6. The fraction of sp³-hybridized carbons (Fsp3) is 0.278. The molecule has 0 bridgehead atoms. The molecule has 0 saturated heterocycles. The van der Waals surface area contributed by atoms with E-state index in [0.717, 1.165) is 30.5 Å². The van der Waals surface area contributed by atoms with Crippen LogP contribution in [-0.4, -0.2) is 4.57 Å². The molecule has 0 spiro atoms. The highest BCUT2D eigenvalue weighted by atomic mass is 19.1. The molecule has 0 N–H and O–H groups in total. The molecule has 21 heavy (non-hydrogen) atoms. The van der Waals surface area contributed by atoms with Crippen molar-refractivity contribution in [1.29, 1.82) is 0 Å². The van der Waals surface area contributed by atoms with Gasteiger partial charge < -0.3 is 0 Å². The van der Waals surface area contributed by atoms with Gasteiger partial charge in [0.15, 0.2) is 11.0 Å². The van der Waals surface area contributed by atoms with Crippen LogP contribution >= 0.6 is 0 Å². The normalized spacial score (nSPS) is 13.9. The third kappa shape index (κ3) is 1.73. The van der Waals surface area contributed by atoms with Gasteiger partial charge in [-0.15, -0.1) is 0 Å². The maximum atomic E-state index is 13.4.